The number of likely N-dealkylation sites (N-methyl/N-ethyl adjacent to an activating group) is 2. The van der Waals surface area contributed by atoms with Crippen molar-refractivity contribution in [2.75, 3.05) is 34.0 Å². The minimum atomic E-state index is -3.96. The van der Waals surface area contributed by atoms with Crippen molar-refractivity contribution in [2.24, 2.45) is 29.6 Å². The Morgan fingerprint density at radius 1 is 0.930 bits per heavy atom. The number of ether oxygens (including phenoxy) is 3. The number of ketones is 1. The SMILES string of the molecule is CC[C@H](C)C1NC(=O)[C@@H](NC(=O)[C@@H](CC(C)C)N(C)S(C)(=O)=O)[C@@H](C)OC(=O)[C@H](Cc2ccc(OC)cc2)N(C)C(=O)[C@@H]2CCCN2C(=O)[C@H](CC(C)C)NC(=O)[C@@H](C)C(=O)[C@H](C(C)C)OC(=O)C[C@@H]1O. The van der Waals surface area contributed by atoms with Gasteiger partial charge in [0.05, 0.1) is 37.9 Å². The van der Waals surface area contributed by atoms with Crippen molar-refractivity contribution >= 4 is 57.3 Å². The van der Waals surface area contributed by atoms with Crippen LogP contribution in [0.5, 0.6) is 5.75 Å². The first-order valence-electron chi connectivity index (χ1n) is 24.7. The molecule has 2 aliphatic heterocycles. The van der Waals surface area contributed by atoms with Gasteiger partial charge < -0.3 is 45.1 Å². The Hall–Kier alpha value is -5.15. The van der Waals surface area contributed by atoms with Crippen LogP contribution in [0.3, 0.4) is 0 Å². The predicted octanol–water partition coefficient (Wildman–Crippen LogP) is 2.38. The summed E-state index contributed by atoms with van der Waals surface area (Å²) in [5, 5.41) is 19.8. The highest BCUT2D eigenvalue weighted by Gasteiger charge is 2.45. The molecule has 0 saturated carbocycles. The standard InChI is InChI=1S/C50H80N6O14S/c1-15-30(8)41-39(57)26-40(58)70-44(29(6)7)43(59)31(9)45(60)51-35(23-27(2)3)48(63)56-22-16-17-36(56)49(64)54(11)38(25-33-18-20-34(68-13)21-19-33)50(65)69-32(10)42(47(62)52-41)53-46(61)37(24-28(4)5)55(12)71(14,66)67/h18-21,27-32,35-39,41-42,44,57H,15-17,22-26H2,1-14H3,(H,51,60)(H,52,62)(H,53,61)/t30-,31-,32+,35-,36-,37+,38-,39-,41?,42-,44-/m0/s1. The number of carbonyl (C=O) groups excluding carboxylic acids is 8. The van der Waals surface area contributed by atoms with Crippen LogP contribution in [0.15, 0.2) is 24.3 Å². The van der Waals surface area contributed by atoms with Crippen LogP contribution in [-0.2, 0) is 64.3 Å². The molecule has 1 aromatic carbocycles. The Labute approximate surface area is 420 Å². The second kappa shape index (κ2) is 26.5. The highest BCUT2D eigenvalue weighted by Crippen LogP contribution is 2.26. The maximum atomic E-state index is 14.8. The van der Waals surface area contributed by atoms with E-state index >= 15 is 0 Å². The largest absolute Gasteiger partial charge is 0.497 e. The second-order valence-corrected chi connectivity index (χ2v) is 22.5. The van der Waals surface area contributed by atoms with E-state index in [2.05, 4.69) is 16.0 Å². The average molecular weight is 1020 g/mol. The number of aliphatic hydroxyl groups excluding tert-OH is 1. The number of Topliss-reactive ketones (excluding diaryl/α,β-unsaturated/α-hetero) is 1. The number of esters is 2. The van der Waals surface area contributed by atoms with E-state index in [0.29, 0.717) is 24.2 Å². The number of nitrogens with one attached hydrogen (secondary N) is 3. The molecule has 4 N–H and O–H groups in total. The smallest absolute Gasteiger partial charge is 0.329 e. The third-order valence-corrected chi connectivity index (χ3v) is 14.8. The molecule has 11 atom stereocenters. The lowest BCUT2D eigenvalue weighted by Gasteiger charge is -2.35. The van der Waals surface area contributed by atoms with Gasteiger partial charge in [-0.1, -0.05) is 73.9 Å². The summed E-state index contributed by atoms with van der Waals surface area (Å²) >= 11 is 0. The van der Waals surface area contributed by atoms with Gasteiger partial charge in [0.1, 0.15) is 42.1 Å². The summed E-state index contributed by atoms with van der Waals surface area (Å²) in [4.78, 5) is 117. The highest BCUT2D eigenvalue weighted by molar-refractivity contribution is 7.88. The van der Waals surface area contributed by atoms with E-state index in [1.54, 1.807) is 65.8 Å². The van der Waals surface area contributed by atoms with Gasteiger partial charge in [-0.2, -0.15) is 4.31 Å². The van der Waals surface area contributed by atoms with Crippen LogP contribution in [0.4, 0.5) is 0 Å². The molecular formula is C50H80N6O14S. The molecule has 5 amide bonds. The Morgan fingerprint density at radius 2 is 1.55 bits per heavy atom. The summed E-state index contributed by atoms with van der Waals surface area (Å²) in [6.07, 6.45) is -3.36. The Bertz CT molecular complexity index is 2150. The first kappa shape index (κ1) is 60.2. The molecule has 20 nitrogen and oxygen atoms in total. The van der Waals surface area contributed by atoms with Crippen LogP contribution < -0.4 is 20.7 Å². The molecule has 2 saturated heterocycles. The summed E-state index contributed by atoms with van der Waals surface area (Å²) in [6, 6.07) is -1.20. The fourth-order valence-corrected chi connectivity index (χ4v) is 9.46. The molecule has 1 aromatic rings. The van der Waals surface area contributed by atoms with Gasteiger partial charge in [0.2, 0.25) is 39.6 Å². The summed E-state index contributed by atoms with van der Waals surface area (Å²) in [5.74, 6) is -9.02. The van der Waals surface area contributed by atoms with Gasteiger partial charge in [0.15, 0.2) is 11.9 Å². The quantitative estimate of drug-likeness (QED) is 0.154. The van der Waals surface area contributed by atoms with E-state index in [1.165, 1.54) is 44.9 Å². The van der Waals surface area contributed by atoms with Gasteiger partial charge in [0.25, 0.3) is 0 Å². The number of fused-ring (bicyclic) bond motifs is 1. The molecule has 3 rings (SSSR count). The van der Waals surface area contributed by atoms with Crippen molar-refractivity contribution in [3.63, 3.8) is 0 Å². The lowest BCUT2D eigenvalue weighted by molar-refractivity contribution is -0.163. The highest BCUT2D eigenvalue weighted by atomic mass is 32.2. The van der Waals surface area contributed by atoms with Crippen molar-refractivity contribution in [1.82, 2.24) is 30.1 Å². The van der Waals surface area contributed by atoms with E-state index in [-0.39, 0.29) is 44.1 Å². The number of benzene rings is 1. The predicted molar refractivity (Wildman–Crippen MR) is 264 cm³/mol. The molecule has 2 aliphatic rings. The van der Waals surface area contributed by atoms with E-state index in [1.807, 2.05) is 13.8 Å². The average Bonchev–Trinajstić information content (AvgIpc) is 3.79. The Morgan fingerprint density at radius 3 is 2.08 bits per heavy atom. The van der Waals surface area contributed by atoms with E-state index in [4.69, 9.17) is 14.2 Å². The monoisotopic (exact) mass is 1020 g/mol. The molecule has 2 heterocycles. The minimum absolute atomic E-state index is 0.0346. The van der Waals surface area contributed by atoms with Gasteiger partial charge in [-0.3, -0.25) is 33.6 Å². The summed E-state index contributed by atoms with van der Waals surface area (Å²) < 4.78 is 43.5. The maximum absolute atomic E-state index is 14.8. The number of hydrogen-bond acceptors (Lipinski definition) is 14. The first-order chi connectivity index (χ1) is 33.0. The number of carbonyl (C=O) groups is 8. The molecular weight excluding hydrogens is 941 g/mol. The van der Waals surface area contributed by atoms with Gasteiger partial charge >= 0.3 is 11.9 Å². The number of amides is 5. The van der Waals surface area contributed by atoms with E-state index < -0.39 is 136 Å². The molecule has 0 aromatic heterocycles. The van der Waals surface area contributed by atoms with Crippen molar-refractivity contribution in [3.8, 4) is 5.75 Å². The topological polar surface area (TPSA) is 264 Å². The molecule has 0 bridgehead atoms. The lowest BCUT2D eigenvalue weighted by Crippen LogP contribution is -2.61. The van der Waals surface area contributed by atoms with Gasteiger partial charge in [-0.05, 0) is 80.9 Å². The Balaban J connectivity index is 2.29. The van der Waals surface area contributed by atoms with Crippen LogP contribution in [-0.4, -0.2) is 163 Å². The molecule has 0 radical (unpaired) electrons. The number of hydrogen-bond donors (Lipinski definition) is 4. The molecule has 400 valence electrons. The van der Waals surface area contributed by atoms with Crippen LogP contribution in [0.25, 0.3) is 0 Å². The van der Waals surface area contributed by atoms with Crippen molar-refractivity contribution in [3.05, 3.63) is 29.8 Å². The van der Waals surface area contributed by atoms with Crippen LogP contribution >= 0.6 is 0 Å². The van der Waals surface area contributed by atoms with Crippen molar-refractivity contribution in [1.29, 1.82) is 0 Å². The maximum Gasteiger partial charge on any atom is 0.329 e. The normalized spacial score (nSPS) is 27.3. The van der Waals surface area contributed by atoms with Crippen LogP contribution in [0.1, 0.15) is 113 Å². The zero-order chi connectivity index (χ0) is 53.8. The molecule has 71 heavy (non-hydrogen) atoms. The Kier molecular flexibility index (Phi) is 22.5. The summed E-state index contributed by atoms with van der Waals surface area (Å²) in [7, 11) is 0.148. The van der Waals surface area contributed by atoms with Crippen molar-refractivity contribution in [2.45, 2.75) is 169 Å². The zero-order valence-electron chi connectivity index (χ0n) is 44.1. The van der Waals surface area contributed by atoms with Gasteiger partial charge in [-0.25, -0.2) is 13.2 Å². The lowest BCUT2D eigenvalue weighted by atomic mass is 9.91. The fraction of sp³-hybridized carbons (Fsp3) is 0.720. The molecule has 1 unspecified atom stereocenters. The second-order valence-electron chi connectivity index (χ2n) is 20.4. The number of methoxy groups -OCH3 is 1. The number of sulfonamides is 1. The van der Waals surface area contributed by atoms with Crippen molar-refractivity contribution < 1.29 is 66.1 Å². The number of cyclic esters (lactones) is 2. The molecule has 0 spiro atoms. The third-order valence-electron chi connectivity index (χ3n) is 13.4. The number of nitrogens with zero attached hydrogens (tertiary/aromatic N) is 3. The number of rotatable bonds is 14. The van der Waals surface area contributed by atoms with E-state index in [0.717, 1.165) is 10.6 Å². The zero-order valence-corrected chi connectivity index (χ0v) is 44.9. The van der Waals surface area contributed by atoms with E-state index in [9.17, 15) is 51.9 Å². The summed E-state index contributed by atoms with van der Waals surface area (Å²) in [6.45, 7) is 16.8. The summed E-state index contributed by atoms with van der Waals surface area (Å²) in [5.41, 5.74) is 0.576. The third kappa shape index (κ3) is 16.4. The van der Waals surface area contributed by atoms with Crippen LogP contribution in [0.2, 0.25) is 0 Å². The minimum Gasteiger partial charge on any atom is -0.497 e. The van der Waals surface area contributed by atoms with Gasteiger partial charge in [0, 0.05) is 27.1 Å². The number of aliphatic hydroxyl groups is 1. The molecule has 0 aliphatic carbocycles. The molecule has 21 heteroatoms. The van der Waals surface area contributed by atoms with Gasteiger partial charge in [-0.15, -0.1) is 0 Å². The van der Waals surface area contributed by atoms with Crippen LogP contribution in [0, 0.1) is 29.6 Å². The first-order valence-corrected chi connectivity index (χ1v) is 26.5. The molecule has 2 fully saturated rings. The fourth-order valence-electron chi connectivity index (χ4n) is 8.81.